The van der Waals surface area contributed by atoms with E-state index in [1.54, 1.807) is 4.90 Å². The van der Waals surface area contributed by atoms with E-state index >= 15 is 0 Å². The molecular formula is C17H22N2O4. The van der Waals surface area contributed by atoms with Crippen LogP contribution >= 0.6 is 0 Å². The Labute approximate surface area is 135 Å². The van der Waals surface area contributed by atoms with Crippen LogP contribution in [0.4, 0.5) is 5.69 Å². The molecule has 2 amide bonds. The highest BCUT2D eigenvalue weighted by Crippen LogP contribution is 2.28. The Morgan fingerprint density at radius 3 is 2.65 bits per heavy atom. The molecule has 23 heavy (non-hydrogen) atoms. The number of amides is 2. The van der Waals surface area contributed by atoms with Gasteiger partial charge in [0.15, 0.2) is 0 Å². The van der Waals surface area contributed by atoms with E-state index in [-0.39, 0.29) is 42.7 Å². The van der Waals surface area contributed by atoms with E-state index < -0.39 is 6.10 Å². The number of nitrogens with one attached hydrogen (secondary N) is 1. The molecule has 1 aromatic rings. The summed E-state index contributed by atoms with van der Waals surface area (Å²) in [6, 6.07) is 9.21. The lowest BCUT2D eigenvalue weighted by molar-refractivity contribution is -0.126. The van der Waals surface area contributed by atoms with Gasteiger partial charge in [-0.25, -0.2) is 0 Å². The first-order valence-corrected chi connectivity index (χ1v) is 8.03. The maximum atomic E-state index is 12.4. The molecule has 1 aliphatic heterocycles. The summed E-state index contributed by atoms with van der Waals surface area (Å²) in [5, 5.41) is 21.9. The number of aliphatic hydroxyl groups is 2. The van der Waals surface area contributed by atoms with Crippen molar-refractivity contribution in [3.05, 3.63) is 30.3 Å². The Hall–Kier alpha value is -1.92. The summed E-state index contributed by atoms with van der Waals surface area (Å²) < 4.78 is 0. The monoisotopic (exact) mass is 318 g/mol. The Kier molecular flexibility index (Phi) is 4.63. The number of para-hydroxylation sites is 1. The molecule has 3 rings (SSSR count). The third-order valence-electron chi connectivity index (χ3n) is 4.80. The van der Waals surface area contributed by atoms with Gasteiger partial charge < -0.3 is 20.4 Å². The molecule has 6 nitrogen and oxygen atoms in total. The normalized spacial score (nSPS) is 30.7. The first kappa shape index (κ1) is 16.0. The number of nitrogens with zero attached hydrogens (tertiary/aromatic N) is 1. The summed E-state index contributed by atoms with van der Waals surface area (Å²) >= 11 is 0. The van der Waals surface area contributed by atoms with E-state index in [2.05, 4.69) is 5.32 Å². The van der Waals surface area contributed by atoms with Crippen molar-refractivity contribution in [3.63, 3.8) is 0 Å². The molecule has 2 aliphatic rings. The SMILES string of the molecule is O=C(N[C@H]1C[C@H](CO)[C@H](O)C1)[C@H]1CC(=O)N(c2ccccc2)C1. The van der Waals surface area contributed by atoms with Crippen molar-refractivity contribution in [2.24, 2.45) is 11.8 Å². The molecule has 3 N–H and O–H groups in total. The van der Waals surface area contributed by atoms with Gasteiger partial charge in [0.25, 0.3) is 0 Å². The fourth-order valence-electron chi connectivity index (χ4n) is 3.48. The first-order chi connectivity index (χ1) is 11.1. The Bertz CT molecular complexity index is 577. The van der Waals surface area contributed by atoms with Gasteiger partial charge in [-0.05, 0) is 25.0 Å². The summed E-state index contributed by atoms with van der Waals surface area (Å²) in [5.74, 6) is -0.733. The number of aliphatic hydroxyl groups excluding tert-OH is 2. The minimum atomic E-state index is -0.573. The van der Waals surface area contributed by atoms with E-state index in [9.17, 15) is 19.8 Å². The van der Waals surface area contributed by atoms with Gasteiger partial charge in [0, 0.05) is 37.2 Å². The summed E-state index contributed by atoms with van der Waals surface area (Å²) in [6.07, 6.45) is 0.669. The number of carbonyl (C=O) groups is 2. The third kappa shape index (κ3) is 3.38. The molecule has 0 aromatic heterocycles. The van der Waals surface area contributed by atoms with Gasteiger partial charge in [0.05, 0.1) is 12.0 Å². The number of hydrogen-bond acceptors (Lipinski definition) is 4. The van der Waals surface area contributed by atoms with Crippen LogP contribution in [0.5, 0.6) is 0 Å². The highest BCUT2D eigenvalue weighted by molar-refractivity contribution is 6.00. The zero-order chi connectivity index (χ0) is 16.4. The van der Waals surface area contributed by atoms with Gasteiger partial charge in [-0.3, -0.25) is 9.59 Å². The van der Waals surface area contributed by atoms with Gasteiger partial charge in [0.2, 0.25) is 11.8 Å². The summed E-state index contributed by atoms with van der Waals surface area (Å²) in [6.45, 7) is 0.310. The molecule has 1 aliphatic carbocycles. The molecule has 1 saturated heterocycles. The van der Waals surface area contributed by atoms with Crippen LogP contribution in [-0.4, -0.2) is 47.3 Å². The second kappa shape index (κ2) is 6.68. The van der Waals surface area contributed by atoms with Gasteiger partial charge in [-0.2, -0.15) is 0 Å². The average Bonchev–Trinajstić information content (AvgIpc) is 3.11. The summed E-state index contributed by atoms with van der Waals surface area (Å²) in [5.41, 5.74) is 0.810. The number of anilines is 1. The van der Waals surface area contributed by atoms with Gasteiger partial charge in [0.1, 0.15) is 0 Å². The lowest BCUT2D eigenvalue weighted by Crippen LogP contribution is -2.39. The maximum absolute atomic E-state index is 12.4. The molecule has 1 aromatic carbocycles. The molecule has 1 heterocycles. The van der Waals surface area contributed by atoms with Crippen molar-refractivity contribution in [2.75, 3.05) is 18.1 Å². The Morgan fingerprint density at radius 2 is 2.00 bits per heavy atom. The van der Waals surface area contributed by atoms with Crippen molar-refractivity contribution >= 4 is 17.5 Å². The van der Waals surface area contributed by atoms with E-state index in [1.807, 2.05) is 30.3 Å². The van der Waals surface area contributed by atoms with E-state index in [4.69, 9.17) is 0 Å². The van der Waals surface area contributed by atoms with Crippen LogP contribution in [0.1, 0.15) is 19.3 Å². The largest absolute Gasteiger partial charge is 0.396 e. The molecule has 0 unspecified atom stereocenters. The maximum Gasteiger partial charge on any atom is 0.227 e. The second-order valence-corrected chi connectivity index (χ2v) is 6.43. The molecule has 2 fully saturated rings. The average molecular weight is 318 g/mol. The molecule has 4 atom stereocenters. The van der Waals surface area contributed by atoms with Crippen molar-refractivity contribution < 1.29 is 19.8 Å². The number of benzene rings is 1. The lowest BCUT2D eigenvalue weighted by Gasteiger charge is -2.18. The van der Waals surface area contributed by atoms with Crippen molar-refractivity contribution in [1.82, 2.24) is 5.32 Å². The van der Waals surface area contributed by atoms with E-state index in [0.717, 1.165) is 5.69 Å². The smallest absolute Gasteiger partial charge is 0.227 e. The van der Waals surface area contributed by atoms with Crippen LogP contribution in [0.2, 0.25) is 0 Å². The molecular weight excluding hydrogens is 296 g/mol. The predicted molar refractivity (Wildman–Crippen MR) is 84.6 cm³/mol. The second-order valence-electron chi connectivity index (χ2n) is 6.43. The topological polar surface area (TPSA) is 89.9 Å². The van der Waals surface area contributed by atoms with Crippen molar-refractivity contribution in [1.29, 1.82) is 0 Å². The van der Waals surface area contributed by atoms with Crippen molar-refractivity contribution in [3.8, 4) is 0 Å². The van der Waals surface area contributed by atoms with Crippen LogP contribution in [0.15, 0.2) is 30.3 Å². The van der Waals surface area contributed by atoms with Crippen LogP contribution in [-0.2, 0) is 9.59 Å². The molecule has 6 heteroatoms. The first-order valence-electron chi connectivity index (χ1n) is 8.03. The van der Waals surface area contributed by atoms with Crippen LogP contribution in [0.3, 0.4) is 0 Å². The van der Waals surface area contributed by atoms with Gasteiger partial charge in [-0.15, -0.1) is 0 Å². The van der Waals surface area contributed by atoms with Gasteiger partial charge in [-0.1, -0.05) is 18.2 Å². The molecule has 0 radical (unpaired) electrons. The van der Waals surface area contributed by atoms with Crippen molar-refractivity contribution in [2.45, 2.75) is 31.4 Å². The molecule has 0 bridgehead atoms. The highest BCUT2D eigenvalue weighted by atomic mass is 16.3. The quantitative estimate of drug-likeness (QED) is 0.744. The van der Waals surface area contributed by atoms with E-state index in [1.165, 1.54) is 0 Å². The fourth-order valence-corrected chi connectivity index (χ4v) is 3.48. The van der Waals surface area contributed by atoms with E-state index in [0.29, 0.717) is 19.4 Å². The van der Waals surface area contributed by atoms with Gasteiger partial charge >= 0.3 is 0 Å². The predicted octanol–water partition coefficient (Wildman–Crippen LogP) is 0.287. The fraction of sp³-hybridized carbons (Fsp3) is 0.529. The van der Waals surface area contributed by atoms with Crippen LogP contribution < -0.4 is 10.2 Å². The Balaban J connectivity index is 1.58. The van der Waals surface area contributed by atoms with Crippen LogP contribution in [0.25, 0.3) is 0 Å². The standard InChI is InChI=1S/C17H22N2O4/c20-10-12-6-13(8-15(12)21)18-17(23)11-7-16(22)19(9-11)14-4-2-1-3-5-14/h1-5,11-13,15,20-21H,6-10H2,(H,18,23)/t11-,12+,13-,15+/m0/s1. The summed E-state index contributed by atoms with van der Waals surface area (Å²) in [7, 11) is 0. The zero-order valence-electron chi connectivity index (χ0n) is 12.9. The minimum absolute atomic E-state index is 0.0453. The molecule has 0 spiro atoms. The highest BCUT2D eigenvalue weighted by Gasteiger charge is 2.38. The Morgan fingerprint density at radius 1 is 1.26 bits per heavy atom. The molecule has 124 valence electrons. The summed E-state index contributed by atoms with van der Waals surface area (Å²) in [4.78, 5) is 26.2. The lowest BCUT2D eigenvalue weighted by atomic mass is 10.1. The zero-order valence-corrected chi connectivity index (χ0v) is 12.9. The third-order valence-corrected chi connectivity index (χ3v) is 4.80. The number of hydrogen-bond donors (Lipinski definition) is 3. The number of rotatable bonds is 4. The minimum Gasteiger partial charge on any atom is -0.396 e. The molecule has 1 saturated carbocycles. The van der Waals surface area contributed by atoms with Crippen LogP contribution in [0, 0.1) is 11.8 Å². The number of carbonyl (C=O) groups excluding carboxylic acids is 2.